The van der Waals surface area contributed by atoms with E-state index in [1.54, 1.807) is 24.1 Å². The minimum atomic E-state index is -0.0770. The van der Waals surface area contributed by atoms with Crippen LogP contribution < -0.4 is 15.2 Å². The van der Waals surface area contributed by atoms with Crippen molar-refractivity contribution >= 4 is 17.5 Å². The highest BCUT2D eigenvalue weighted by Gasteiger charge is 2.26. The number of ether oxygens (including phenoxy) is 2. The Hall–Kier alpha value is -1.46. The molecule has 0 saturated carbocycles. The van der Waals surface area contributed by atoms with Crippen LogP contribution >= 0.6 is 11.6 Å². The summed E-state index contributed by atoms with van der Waals surface area (Å²) in [5.41, 5.74) is 6.36. The van der Waals surface area contributed by atoms with Gasteiger partial charge in [-0.1, -0.05) is 25.4 Å². The third-order valence-corrected chi connectivity index (χ3v) is 4.21. The van der Waals surface area contributed by atoms with Crippen molar-refractivity contribution in [1.82, 2.24) is 4.90 Å². The van der Waals surface area contributed by atoms with Crippen molar-refractivity contribution in [2.75, 3.05) is 26.8 Å². The second-order valence-corrected chi connectivity index (χ2v) is 6.73. The monoisotopic (exact) mass is 340 g/mol. The number of carbonyl (C=O) groups excluding carboxylic acids is 1. The summed E-state index contributed by atoms with van der Waals surface area (Å²) in [6.07, 6.45) is 1.75. The summed E-state index contributed by atoms with van der Waals surface area (Å²) in [4.78, 5) is 14.3. The second kappa shape index (κ2) is 7.88. The molecule has 5 nitrogen and oxygen atoms in total. The molecule has 6 heteroatoms. The molecule has 1 aliphatic heterocycles. The molecule has 23 heavy (non-hydrogen) atoms. The molecule has 1 heterocycles. The molecule has 1 aromatic rings. The first-order chi connectivity index (χ1) is 10.9. The Balaban J connectivity index is 2.16. The van der Waals surface area contributed by atoms with Gasteiger partial charge in [0.15, 0.2) is 11.5 Å². The Labute approximate surface area is 142 Å². The molecular formula is C17H25ClN2O3. The topological polar surface area (TPSA) is 64.8 Å². The molecule has 0 spiro atoms. The predicted molar refractivity (Wildman–Crippen MR) is 91.4 cm³/mol. The molecule has 0 unspecified atom stereocenters. The first kappa shape index (κ1) is 17.9. The lowest BCUT2D eigenvalue weighted by atomic mass is 10.1. The van der Waals surface area contributed by atoms with Crippen molar-refractivity contribution in [3.63, 3.8) is 0 Å². The van der Waals surface area contributed by atoms with Gasteiger partial charge in [-0.2, -0.15) is 0 Å². The van der Waals surface area contributed by atoms with E-state index in [9.17, 15) is 4.79 Å². The molecular weight excluding hydrogens is 316 g/mol. The van der Waals surface area contributed by atoms with Crippen molar-refractivity contribution in [3.8, 4) is 11.5 Å². The molecule has 1 aromatic carbocycles. The number of amides is 1. The molecule has 1 aliphatic rings. The van der Waals surface area contributed by atoms with Crippen LogP contribution in [0.4, 0.5) is 0 Å². The summed E-state index contributed by atoms with van der Waals surface area (Å²) in [7, 11) is 1.54. The average molecular weight is 341 g/mol. The predicted octanol–water partition coefficient (Wildman–Crippen LogP) is 2.95. The quantitative estimate of drug-likeness (QED) is 0.864. The smallest absolute Gasteiger partial charge is 0.254 e. The van der Waals surface area contributed by atoms with Gasteiger partial charge in [0.05, 0.1) is 18.7 Å². The number of benzene rings is 1. The largest absolute Gasteiger partial charge is 0.493 e. The zero-order valence-corrected chi connectivity index (χ0v) is 14.7. The highest BCUT2D eigenvalue weighted by Crippen LogP contribution is 2.37. The Morgan fingerprint density at radius 1 is 1.48 bits per heavy atom. The van der Waals surface area contributed by atoms with Gasteiger partial charge in [-0.25, -0.2) is 0 Å². The zero-order valence-electron chi connectivity index (χ0n) is 14.0. The number of hydrogen-bond donors (Lipinski definition) is 1. The van der Waals surface area contributed by atoms with Crippen LogP contribution in [0.15, 0.2) is 12.1 Å². The van der Waals surface area contributed by atoms with Gasteiger partial charge in [-0.05, 0) is 30.9 Å². The van der Waals surface area contributed by atoms with E-state index in [0.717, 1.165) is 12.8 Å². The summed E-state index contributed by atoms with van der Waals surface area (Å²) in [6.45, 7) is 6.06. The van der Waals surface area contributed by atoms with Crippen molar-refractivity contribution in [2.24, 2.45) is 11.7 Å². The average Bonchev–Trinajstić information content (AvgIpc) is 2.93. The number of hydrogen-bond acceptors (Lipinski definition) is 4. The zero-order chi connectivity index (χ0) is 17.0. The fourth-order valence-corrected chi connectivity index (χ4v) is 2.80. The Bertz CT molecular complexity index is 563. The van der Waals surface area contributed by atoms with Gasteiger partial charge in [0.1, 0.15) is 0 Å². The Kier molecular flexibility index (Phi) is 6.13. The maximum atomic E-state index is 12.5. The van der Waals surface area contributed by atoms with Crippen LogP contribution in [0.5, 0.6) is 11.5 Å². The normalized spacial score (nSPS) is 17.7. The number of rotatable bonds is 6. The van der Waals surface area contributed by atoms with Gasteiger partial charge in [0.2, 0.25) is 0 Å². The van der Waals surface area contributed by atoms with Gasteiger partial charge in [0.25, 0.3) is 5.91 Å². The third-order valence-electron chi connectivity index (χ3n) is 3.93. The van der Waals surface area contributed by atoms with Crippen LogP contribution in [0, 0.1) is 5.92 Å². The highest BCUT2D eigenvalue weighted by atomic mass is 35.5. The lowest BCUT2D eigenvalue weighted by Crippen LogP contribution is -2.31. The van der Waals surface area contributed by atoms with Crippen LogP contribution in [0.2, 0.25) is 5.02 Å². The minimum Gasteiger partial charge on any atom is -0.493 e. The van der Waals surface area contributed by atoms with Crippen LogP contribution in [0.1, 0.15) is 37.0 Å². The molecule has 0 radical (unpaired) electrons. The highest BCUT2D eigenvalue weighted by molar-refractivity contribution is 6.32. The van der Waals surface area contributed by atoms with Crippen LogP contribution in [-0.4, -0.2) is 43.7 Å². The van der Waals surface area contributed by atoms with Crippen LogP contribution in [0.25, 0.3) is 0 Å². The van der Waals surface area contributed by atoms with Crippen molar-refractivity contribution in [2.45, 2.75) is 32.7 Å². The van der Waals surface area contributed by atoms with E-state index in [1.165, 1.54) is 0 Å². The molecule has 0 bridgehead atoms. The summed E-state index contributed by atoms with van der Waals surface area (Å²) < 4.78 is 11.1. The molecule has 1 saturated heterocycles. The number of carbonyl (C=O) groups is 1. The lowest BCUT2D eigenvalue weighted by Gasteiger charge is -2.18. The summed E-state index contributed by atoms with van der Waals surface area (Å²) in [5, 5.41) is 0.389. The van der Waals surface area contributed by atoms with E-state index >= 15 is 0 Å². The van der Waals surface area contributed by atoms with Crippen LogP contribution in [-0.2, 0) is 0 Å². The van der Waals surface area contributed by atoms with Gasteiger partial charge in [-0.15, -0.1) is 0 Å². The van der Waals surface area contributed by atoms with E-state index in [2.05, 4.69) is 13.8 Å². The summed E-state index contributed by atoms with van der Waals surface area (Å²) in [5.74, 6) is 1.43. The molecule has 1 fully saturated rings. The van der Waals surface area contributed by atoms with Crippen molar-refractivity contribution < 1.29 is 14.3 Å². The molecule has 1 amide bonds. The van der Waals surface area contributed by atoms with Gasteiger partial charge in [-0.3, -0.25) is 4.79 Å². The molecule has 2 rings (SSSR count). The maximum absolute atomic E-state index is 12.5. The van der Waals surface area contributed by atoms with Gasteiger partial charge in [0, 0.05) is 24.7 Å². The van der Waals surface area contributed by atoms with E-state index in [-0.39, 0.29) is 11.9 Å². The molecule has 0 aliphatic carbocycles. The lowest BCUT2D eigenvalue weighted by molar-refractivity contribution is 0.0790. The molecule has 1 atom stereocenters. The summed E-state index contributed by atoms with van der Waals surface area (Å²) >= 11 is 6.31. The molecule has 2 N–H and O–H groups in total. The Morgan fingerprint density at radius 3 is 2.78 bits per heavy atom. The third kappa shape index (κ3) is 4.52. The van der Waals surface area contributed by atoms with E-state index in [1.807, 2.05) is 0 Å². The van der Waals surface area contributed by atoms with E-state index < -0.39 is 0 Å². The number of nitrogens with zero attached hydrogens (tertiary/aromatic N) is 1. The second-order valence-electron chi connectivity index (χ2n) is 6.32. The first-order valence-electron chi connectivity index (χ1n) is 7.97. The number of nitrogens with two attached hydrogens (primary N) is 1. The van der Waals surface area contributed by atoms with Crippen molar-refractivity contribution in [1.29, 1.82) is 0 Å². The minimum absolute atomic E-state index is 0.0509. The van der Waals surface area contributed by atoms with Crippen LogP contribution in [0.3, 0.4) is 0 Å². The standard InChI is InChI=1S/C17H25ClN2O3/c1-11(2)5-7-23-16-14(18)8-12(9-15(16)22-3)17(21)20-6-4-13(19)10-20/h8-9,11,13H,4-7,10,19H2,1-3H3/t13-/m1/s1. The fraction of sp³-hybridized carbons (Fsp3) is 0.588. The van der Waals surface area contributed by atoms with E-state index in [0.29, 0.717) is 47.7 Å². The maximum Gasteiger partial charge on any atom is 0.254 e. The number of likely N-dealkylation sites (tertiary alicyclic amines) is 1. The Morgan fingerprint density at radius 2 is 2.22 bits per heavy atom. The first-order valence-corrected chi connectivity index (χ1v) is 8.35. The van der Waals surface area contributed by atoms with E-state index in [4.69, 9.17) is 26.8 Å². The van der Waals surface area contributed by atoms with Gasteiger partial charge >= 0.3 is 0 Å². The SMILES string of the molecule is COc1cc(C(=O)N2CC[C@@H](N)C2)cc(Cl)c1OCCC(C)C. The molecule has 128 valence electrons. The molecule has 0 aromatic heterocycles. The summed E-state index contributed by atoms with van der Waals surface area (Å²) in [6, 6.07) is 3.37. The van der Waals surface area contributed by atoms with Crippen molar-refractivity contribution in [3.05, 3.63) is 22.7 Å². The van der Waals surface area contributed by atoms with Gasteiger partial charge < -0.3 is 20.1 Å². The fourth-order valence-electron chi connectivity index (χ4n) is 2.53. The number of methoxy groups -OCH3 is 1. The number of halogens is 1.